The summed E-state index contributed by atoms with van der Waals surface area (Å²) < 4.78 is 1.82. The van der Waals surface area contributed by atoms with Crippen molar-refractivity contribution in [2.24, 2.45) is 7.05 Å². The van der Waals surface area contributed by atoms with E-state index in [-0.39, 0.29) is 11.9 Å². The van der Waals surface area contributed by atoms with Crippen LogP contribution in [0.15, 0.2) is 0 Å². The first-order valence-electron chi connectivity index (χ1n) is 9.53. The number of likely N-dealkylation sites (tertiary alicyclic amines) is 1. The zero-order valence-electron chi connectivity index (χ0n) is 15.0. The molecule has 0 spiro atoms. The number of carbonyl (C=O) groups is 2. The summed E-state index contributed by atoms with van der Waals surface area (Å²) in [6.45, 7) is 2.80. The monoisotopic (exact) mass is 345 g/mol. The van der Waals surface area contributed by atoms with Gasteiger partial charge in [-0.2, -0.15) is 5.10 Å². The predicted octanol–water partition coefficient (Wildman–Crippen LogP) is 1.67. The summed E-state index contributed by atoms with van der Waals surface area (Å²) in [6, 6.07) is 0.314. The number of amides is 3. The molecule has 0 radical (unpaired) electrons. The van der Waals surface area contributed by atoms with E-state index < -0.39 is 0 Å². The number of fused-ring (bicyclic) bond motifs is 1. The minimum atomic E-state index is 0.000902. The van der Waals surface area contributed by atoms with E-state index in [1.54, 1.807) is 0 Å². The van der Waals surface area contributed by atoms with Gasteiger partial charge in [-0.05, 0) is 25.7 Å². The molecule has 0 atom stereocenters. The molecule has 7 nitrogen and oxygen atoms in total. The van der Waals surface area contributed by atoms with Crippen LogP contribution in [0, 0.1) is 0 Å². The van der Waals surface area contributed by atoms with Crippen molar-refractivity contribution in [2.45, 2.75) is 57.5 Å². The minimum Gasteiger partial charge on any atom is -0.337 e. The molecule has 7 heteroatoms. The summed E-state index contributed by atoms with van der Waals surface area (Å²) in [5.41, 5.74) is 2.57. The summed E-state index contributed by atoms with van der Waals surface area (Å²) in [7, 11) is 1.90. The van der Waals surface area contributed by atoms with Crippen LogP contribution in [0.1, 0.15) is 60.3 Å². The molecule has 1 N–H and O–H groups in total. The maximum atomic E-state index is 12.8. The fourth-order valence-corrected chi connectivity index (χ4v) is 4.34. The number of rotatable bonds is 2. The summed E-state index contributed by atoms with van der Waals surface area (Å²) in [5.74, 6) is 0.0207. The Bertz CT molecular complexity index is 671. The molecule has 3 aliphatic rings. The van der Waals surface area contributed by atoms with Crippen molar-refractivity contribution in [1.82, 2.24) is 24.9 Å². The predicted molar refractivity (Wildman–Crippen MR) is 93.2 cm³/mol. The second-order valence-corrected chi connectivity index (χ2v) is 7.50. The molecule has 0 bridgehead atoms. The molecule has 3 amide bonds. The fourth-order valence-electron chi connectivity index (χ4n) is 4.34. The third-order valence-corrected chi connectivity index (χ3v) is 5.81. The molecule has 25 heavy (non-hydrogen) atoms. The molecule has 0 unspecified atom stereocenters. The van der Waals surface area contributed by atoms with E-state index in [4.69, 9.17) is 0 Å². The Morgan fingerprint density at radius 1 is 1.04 bits per heavy atom. The highest BCUT2D eigenvalue weighted by atomic mass is 16.2. The van der Waals surface area contributed by atoms with E-state index >= 15 is 0 Å². The van der Waals surface area contributed by atoms with Gasteiger partial charge in [0, 0.05) is 50.4 Å². The van der Waals surface area contributed by atoms with Gasteiger partial charge in [-0.15, -0.1) is 0 Å². The lowest BCUT2D eigenvalue weighted by atomic mass is 10.0. The van der Waals surface area contributed by atoms with Gasteiger partial charge >= 0.3 is 6.03 Å². The van der Waals surface area contributed by atoms with Crippen LogP contribution < -0.4 is 5.32 Å². The van der Waals surface area contributed by atoms with E-state index in [1.165, 1.54) is 12.8 Å². The van der Waals surface area contributed by atoms with Gasteiger partial charge in [-0.25, -0.2) is 4.79 Å². The van der Waals surface area contributed by atoms with Crippen LogP contribution >= 0.6 is 0 Å². The largest absolute Gasteiger partial charge is 0.337 e. The number of aromatic nitrogens is 2. The molecule has 2 fully saturated rings. The summed E-state index contributed by atoms with van der Waals surface area (Å²) in [6.07, 6.45) is 7.45. The van der Waals surface area contributed by atoms with Gasteiger partial charge in [0.2, 0.25) is 0 Å². The van der Waals surface area contributed by atoms with Crippen molar-refractivity contribution >= 4 is 11.9 Å². The highest BCUT2D eigenvalue weighted by molar-refractivity contribution is 5.94. The lowest BCUT2D eigenvalue weighted by Crippen LogP contribution is -2.46. The summed E-state index contributed by atoms with van der Waals surface area (Å²) in [5, 5.41) is 7.66. The second kappa shape index (κ2) is 6.69. The Kier molecular flexibility index (Phi) is 4.39. The lowest BCUT2D eigenvalue weighted by Gasteiger charge is -2.29. The average Bonchev–Trinajstić information content (AvgIpc) is 3.35. The minimum absolute atomic E-state index is 0.000902. The molecule has 1 aromatic heterocycles. The zero-order chi connectivity index (χ0) is 17.4. The zero-order valence-corrected chi connectivity index (χ0v) is 15.0. The van der Waals surface area contributed by atoms with Gasteiger partial charge in [-0.3, -0.25) is 9.48 Å². The van der Waals surface area contributed by atoms with Crippen molar-refractivity contribution < 1.29 is 9.59 Å². The SMILES string of the molecule is Cn1nc(C(=O)N2CCCC2)c2c1CCN(C(=O)NC1CCCC1)C2. The van der Waals surface area contributed by atoms with Crippen molar-refractivity contribution in [2.75, 3.05) is 19.6 Å². The molecule has 4 rings (SSSR count). The molecule has 136 valence electrons. The third-order valence-electron chi connectivity index (χ3n) is 5.81. The molecule has 1 saturated carbocycles. The molecule has 1 saturated heterocycles. The number of aryl methyl sites for hydroxylation is 1. The molecular weight excluding hydrogens is 318 g/mol. The topological polar surface area (TPSA) is 70.5 Å². The summed E-state index contributed by atoms with van der Waals surface area (Å²) >= 11 is 0. The highest BCUT2D eigenvalue weighted by Gasteiger charge is 2.32. The molecule has 3 heterocycles. The van der Waals surface area contributed by atoms with Crippen LogP contribution in [0.3, 0.4) is 0 Å². The maximum Gasteiger partial charge on any atom is 0.317 e. The summed E-state index contributed by atoms with van der Waals surface area (Å²) in [4.78, 5) is 29.1. The van der Waals surface area contributed by atoms with Gasteiger partial charge in [0.15, 0.2) is 5.69 Å². The Morgan fingerprint density at radius 2 is 1.76 bits per heavy atom. The molecule has 0 aromatic carbocycles. The van der Waals surface area contributed by atoms with Crippen molar-refractivity contribution in [3.8, 4) is 0 Å². The van der Waals surface area contributed by atoms with E-state index in [0.29, 0.717) is 24.8 Å². The van der Waals surface area contributed by atoms with Crippen LogP contribution in [-0.2, 0) is 20.0 Å². The maximum absolute atomic E-state index is 12.8. The van der Waals surface area contributed by atoms with E-state index in [2.05, 4.69) is 10.4 Å². The molecule has 1 aromatic rings. The Hall–Kier alpha value is -2.05. The quantitative estimate of drug-likeness (QED) is 0.886. The van der Waals surface area contributed by atoms with E-state index in [1.807, 2.05) is 21.5 Å². The number of urea groups is 1. The smallest absolute Gasteiger partial charge is 0.317 e. The van der Waals surface area contributed by atoms with Crippen LogP contribution in [-0.4, -0.2) is 57.2 Å². The highest BCUT2D eigenvalue weighted by Crippen LogP contribution is 2.25. The van der Waals surface area contributed by atoms with Crippen LogP contribution in [0.25, 0.3) is 0 Å². The van der Waals surface area contributed by atoms with Crippen molar-refractivity contribution in [3.63, 3.8) is 0 Å². The first kappa shape index (κ1) is 16.4. The molecular formula is C18H27N5O2. The lowest BCUT2D eigenvalue weighted by molar-refractivity contribution is 0.0783. The first-order chi connectivity index (χ1) is 12.1. The van der Waals surface area contributed by atoms with Gasteiger partial charge < -0.3 is 15.1 Å². The standard InChI is InChI=1S/C18H27N5O2/c1-21-15-8-11-23(18(25)19-13-6-2-3-7-13)12-14(15)16(20-21)17(24)22-9-4-5-10-22/h13H,2-12H2,1H3,(H,19,25). The van der Waals surface area contributed by atoms with Crippen LogP contribution in [0.5, 0.6) is 0 Å². The average molecular weight is 345 g/mol. The van der Waals surface area contributed by atoms with Gasteiger partial charge in [0.25, 0.3) is 5.91 Å². The Morgan fingerprint density at radius 3 is 2.48 bits per heavy atom. The first-order valence-corrected chi connectivity index (χ1v) is 9.53. The fraction of sp³-hybridized carbons (Fsp3) is 0.722. The Balaban J connectivity index is 1.51. The number of carbonyl (C=O) groups excluding carboxylic acids is 2. The number of hydrogen-bond donors (Lipinski definition) is 1. The van der Waals surface area contributed by atoms with Gasteiger partial charge in [0.05, 0.1) is 6.54 Å². The van der Waals surface area contributed by atoms with Gasteiger partial charge in [0.1, 0.15) is 0 Å². The second-order valence-electron chi connectivity index (χ2n) is 7.50. The molecule has 1 aliphatic carbocycles. The van der Waals surface area contributed by atoms with Gasteiger partial charge in [-0.1, -0.05) is 12.8 Å². The third kappa shape index (κ3) is 3.12. The van der Waals surface area contributed by atoms with Crippen molar-refractivity contribution in [3.05, 3.63) is 17.0 Å². The Labute approximate surface area is 148 Å². The number of nitrogens with one attached hydrogen (secondary N) is 1. The van der Waals surface area contributed by atoms with E-state index in [0.717, 1.165) is 56.5 Å². The number of nitrogens with zero attached hydrogens (tertiary/aromatic N) is 4. The van der Waals surface area contributed by atoms with Crippen molar-refractivity contribution in [1.29, 1.82) is 0 Å². The molecule has 2 aliphatic heterocycles. The normalized spacial score (nSPS) is 20.8. The van der Waals surface area contributed by atoms with Crippen LogP contribution in [0.4, 0.5) is 4.79 Å². The van der Waals surface area contributed by atoms with E-state index in [9.17, 15) is 9.59 Å². The van der Waals surface area contributed by atoms with Crippen LogP contribution in [0.2, 0.25) is 0 Å². The number of hydrogen-bond acceptors (Lipinski definition) is 3.